The van der Waals surface area contributed by atoms with Crippen molar-refractivity contribution in [1.29, 1.82) is 0 Å². The molecule has 2 N–H and O–H groups in total. The number of nitrogens with one attached hydrogen (secondary N) is 2. The lowest BCUT2D eigenvalue weighted by Crippen LogP contribution is -2.21. The first-order valence-corrected chi connectivity index (χ1v) is 11.7. The number of amides is 1. The molecule has 0 spiro atoms. The SMILES string of the molecule is COC(=O)c1c(NC(=S)Nc2nn(Cc3c(F)cccc3Cl)cc2Cl)sc(C(=O)N(C)C)c1C. The van der Waals surface area contributed by atoms with Crippen molar-refractivity contribution in [3.05, 3.63) is 61.8 Å². The van der Waals surface area contributed by atoms with Gasteiger partial charge in [-0.2, -0.15) is 5.10 Å². The Hall–Kier alpha value is -2.73. The van der Waals surface area contributed by atoms with Crippen LogP contribution in [0.3, 0.4) is 0 Å². The van der Waals surface area contributed by atoms with Gasteiger partial charge < -0.3 is 20.3 Å². The summed E-state index contributed by atoms with van der Waals surface area (Å²) in [7, 11) is 4.48. The zero-order chi connectivity index (χ0) is 25.2. The van der Waals surface area contributed by atoms with Gasteiger partial charge in [-0.15, -0.1) is 11.3 Å². The molecule has 0 saturated carbocycles. The van der Waals surface area contributed by atoms with E-state index in [1.807, 2.05) is 0 Å². The van der Waals surface area contributed by atoms with Crippen LogP contribution in [0, 0.1) is 12.7 Å². The lowest BCUT2D eigenvalue weighted by Gasteiger charge is -2.09. The summed E-state index contributed by atoms with van der Waals surface area (Å²) in [6.07, 6.45) is 1.50. The van der Waals surface area contributed by atoms with Crippen molar-refractivity contribution in [3.8, 4) is 0 Å². The van der Waals surface area contributed by atoms with Gasteiger partial charge in [0.05, 0.1) is 24.1 Å². The highest BCUT2D eigenvalue weighted by molar-refractivity contribution is 7.80. The average Bonchev–Trinajstić information content (AvgIpc) is 3.28. The molecule has 8 nitrogen and oxygen atoms in total. The molecule has 180 valence electrons. The summed E-state index contributed by atoms with van der Waals surface area (Å²) in [5.74, 6) is -1.12. The number of aromatic nitrogens is 2. The van der Waals surface area contributed by atoms with Crippen LogP contribution in [0.25, 0.3) is 0 Å². The van der Waals surface area contributed by atoms with Crippen molar-refractivity contribution in [2.75, 3.05) is 31.8 Å². The van der Waals surface area contributed by atoms with Crippen LogP contribution in [0.5, 0.6) is 0 Å². The number of carbonyl (C=O) groups is 2. The van der Waals surface area contributed by atoms with Crippen LogP contribution in [0.4, 0.5) is 15.2 Å². The number of methoxy groups -OCH3 is 1. The molecule has 2 aromatic heterocycles. The maximum Gasteiger partial charge on any atom is 0.341 e. The standard InChI is InChI=1S/C21H20Cl2FN5O3S2/c1-10-15(20(31)32-4)18(34-16(10)19(30)28(2)3)26-21(33)25-17-13(23)9-29(27-17)8-11-12(22)6-5-7-14(11)24/h5-7,9H,8H2,1-4H3,(H2,25,26,27,33). The van der Waals surface area contributed by atoms with Crippen molar-refractivity contribution in [2.24, 2.45) is 0 Å². The Bertz CT molecular complexity index is 1260. The van der Waals surface area contributed by atoms with E-state index in [1.165, 1.54) is 35.0 Å². The number of hydrogen-bond acceptors (Lipinski definition) is 6. The van der Waals surface area contributed by atoms with Crippen molar-refractivity contribution < 1.29 is 18.7 Å². The first-order valence-electron chi connectivity index (χ1n) is 9.70. The second-order valence-corrected chi connectivity index (χ2v) is 9.50. The highest BCUT2D eigenvalue weighted by Crippen LogP contribution is 2.34. The van der Waals surface area contributed by atoms with E-state index in [-0.39, 0.29) is 44.6 Å². The monoisotopic (exact) mass is 543 g/mol. The van der Waals surface area contributed by atoms with Crippen molar-refractivity contribution in [1.82, 2.24) is 14.7 Å². The molecular weight excluding hydrogens is 524 g/mol. The Balaban J connectivity index is 1.82. The molecule has 0 atom stereocenters. The second-order valence-electron chi connectivity index (χ2n) is 7.25. The van der Waals surface area contributed by atoms with Gasteiger partial charge in [0.2, 0.25) is 0 Å². The smallest absolute Gasteiger partial charge is 0.341 e. The molecule has 1 amide bonds. The number of halogens is 3. The summed E-state index contributed by atoms with van der Waals surface area (Å²) in [5, 5.41) is 11.0. The maximum absolute atomic E-state index is 14.1. The average molecular weight is 544 g/mol. The first kappa shape index (κ1) is 25.9. The molecule has 0 saturated heterocycles. The number of thiocarbonyl (C=S) groups is 1. The molecule has 0 fully saturated rings. The number of thiophene rings is 1. The Morgan fingerprint density at radius 3 is 2.59 bits per heavy atom. The molecule has 3 rings (SSSR count). The highest BCUT2D eigenvalue weighted by Gasteiger charge is 2.26. The summed E-state index contributed by atoms with van der Waals surface area (Å²) in [5.41, 5.74) is 0.947. The van der Waals surface area contributed by atoms with Gasteiger partial charge in [0.25, 0.3) is 5.91 Å². The van der Waals surface area contributed by atoms with Gasteiger partial charge in [0, 0.05) is 30.9 Å². The number of nitrogens with zero attached hydrogens (tertiary/aromatic N) is 3. The minimum atomic E-state index is -0.610. The second kappa shape index (κ2) is 10.7. The normalized spacial score (nSPS) is 10.7. The topological polar surface area (TPSA) is 88.5 Å². The van der Waals surface area contributed by atoms with E-state index in [9.17, 15) is 14.0 Å². The summed E-state index contributed by atoms with van der Waals surface area (Å²) in [6, 6.07) is 4.41. The van der Waals surface area contributed by atoms with Gasteiger partial charge in [-0.25, -0.2) is 9.18 Å². The molecule has 0 aliphatic heterocycles. The Morgan fingerprint density at radius 2 is 1.97 bits per heavy atom. The van der Waals surface area contributed by atoms with Crippen molar-refractivity contribution in [3.63, 3.8) is 0 Å². The van der Waals surface area contributed by atoms with E-state index in [2.05, 4.69) is 15.7 Å². The fourth-order valence-electron chi connectivity index (χ4n) is 3.01. The quantitative estimate of drug-likeness (QED) is 0.332. The zero-order valence-electron chi connectivity index (χ0n) is 18.5. The van der Waals surface area contributed by atoms with E-state index in [4.69, 9.17) is 40.2 Å². The lowest BCUT2D eigenvalue weighted by atomic mass is 10.1. The van der Waals surface area contributed by atoms with E-state index >= 15 is 0 Å². The minimum Gasteiger partial charge on any atom is -0.465 e. The molecule has 0 radical (unpaired) electrons. The van der Waals surface area contributed by atoms with Crippen LogP contribution in [-0.2, 0) is 11.3 Å². The Labute approximate surface area is 214 Å². The maximum atomic E-state index is 14.1. The Kier molecular flexibility index (Phi) is 8.13. The number of rotatable bonds is 6. The Morgan fingerprint density at radius 1 is 1.26 bits per heavy atom. The number of anilines is 2. The third kappa shape index (κ3) is 5.49. The lowest BCUT2D eigenvalue weighted by molar-refractivity contribution is 0.0601. The van der Waals surface area contributed by atoms with Crippen molar-refractivity contribution >= 4 is 74.6 Å². The highest BCUT2D eigenvalue weighted by atomic mass is 35.5. The molecule has 2 heterocycles. The molecule has 0 bridgehead atoms. The van der Waals surface area contributed by atoms with E-state index in [0.717, 1.165) is 11.3 Å². The third-order valence-corrected chi connectivity index (χ3v) is 6.72. The van der Waals surface area contributed by atoms with Crippen LogP contribution in [0.1, 0.15) is 31.2 Å². The number of hydrogen-bond donors (Lipinski definition) is 2. The number of ether oxygens (including phenoxy) is 1. The van der Waals surface area contributed by atoms with E-state index in [1.54, 1.807) is 27.1 Å². The van der Waals surface area contributed by atoms with Crippen LogP contribution in [-0.4, -0.2) is 52.9 Å². The van der Waals surface area contributed by atoms with Crippen LogP contribution in [0.2, 0.25) is 10.0 Å². The summed E-state index contributed by atoms with van der Waals surface area (Å²) < 4.78 is 20.4. The van der Waals surface area contributed by atoms with Gasteiger partial charge in [0.1, 0.15) is 15.8 Å². The van der Waals surface area contributed by atoms with Crippen LogP contribution in [0.15, 0.2) is 24.4 Å². The van der Waals surface area contributed by atoms with Gasteiger partial charge in [-0.05, 0) is 36.8 Å². The van der Waals surface area contributed by atoms with Crippen LogP contribution < -0.4 is 10.6 Å². The number of carbonyl (C=O) groups excluding carboxylic acids is 2. The fourth-order valence-corrected chi connectivity index (χ4v) is 4.91. The summed E-state index contributed by atoms with van der Waals surface area (Å²) in [6.45, 7) is 1.72. The van der Waals surface area contributed by atoms with E-state index in [0.29, 0.717) is 15.4 Å². The molecule has 34 heavy (non-hydrogen) atoms. The van der Waals surface area contributed by atoms with E-state index < -0.39 is 11.8 Å². The molecular formula is C21H20Cl2FN5O3S2. The largest absolute Gasteiger partial charge is 0.465 e. The molecule has 1 aromatic carbocycles. The summed E-state index contributed by atoms with van der Waals surface area (Å²) >= 11 is 18.8. The molecule has 0 unspecified atom stereocenters. The predicted molar refractivity (Wildman–Crippen MR) is 136 cm³/mol. The van der Waals surface area contributed by atoms with Crippen LogP contribution >= 0.6 is 46.8 Å². The molecule has 0 aliphatic carbocycles. The van der Waals surface area contributed by atoms with Gasteiger partial charge in [-0.3, -0.25) is 9.48 Å². The van der Waals surface area contributed by atoms with Gasteiger partial charge >= 0.3 is 5.97 Å². The minimum absolute atomic E-state index is 0.0553. The predicted octanol–water partition coefficient (Wildman–Crippen LogP) is 5.04. The van der Waals surface area contributed by atoms with Crippen molar-refractivity contribution in [2.45, 2.75) is 13.5 Å². The number of esters is 1. The molecule has 13 heteroatoms. The third-order valence-electron chi connectivity index (χ3n) is 4.69. The number of benzene rings is 1. The molecule has 3 aromatic rings. The zero-order valence-corrected chi connectivity index (χ0v) is 21.7. The molecule has 0 aliphatic rings. The summed E-state index contributed by atoms with van der Waals surface area (Å²) in [4.78, 5) is 26.7. The van der Waals surface area contributed by atoms with Gasteiger partial charge in [-0.1, -0.05) is 29.3 Å². The fraction of sp³-hybridized carbons (Fsp3) is 0.238. The van der Waals surface area contributed by atoms with Gasteiger partial charge in [0.15, 0.2) is 10.9 Å². The first-order chi connectivity index (χ1) is 16.0.